The van der Waals surface area contributed by atoms with Crippen LogP contribution in [0, 0.1) is 5.92 Å². The van der Waals surface area contributed by atoms with E-state index in [1.54, 1.807) is 25.3 Å². The van der Waals surface area contributed by atoms with Crippen molar-refractivity contribution in [2.45, 2.75) is 20.0 Å². The van der Waals surface area contributed by atoms with E-state index in [2.05, 4.69) is 19.2 Å². The van der Waals surface area contributed by atoms with Crippen LogP contribution in [0.3, 0.4) is 0 Å². The molecule has 19 heavy (non-hydrogen) atoms. The van der Waals surface area contributed by atoms with E-state index in [0.29, 0.717) is 28.3 Å². The van der Waals surface area contributed by atoms with Gasteiger partial charge in [0.25, 0.3) is 0 Å². The van der Waals surface area contributed by atoms with Crippen LogP contribution in [0.2, 0.25) is 10.0 Å². The smallest absolute Gasteiger partial charge is 0.134 e. The van der Waals surface area contributed by atoms with E-state index in [-0.39, 0.29) is 6.10 Å². The highest BCUT2D eigenvalue weighted by molar-refractivity contribution is 6.34. The monoisotopic (exact) mass is 305 g/mol. The predicted molar refractivity (Wildman–Crippen MR) is 80.5 cm³/mol. The predicted octanol–water partition coefficient (Wildman–Crippen LogP) is 3.63. The van der Waals surface area contributed by atoms with Crippen LogP contribution in [0.25, 0.3) is 0 Å². The molecular weight excluding hydrogens is 285 g/mol. The van der Waals surface area contributed by atoms with E-state index >= 15 is 0 Å². The third-order valence-corrected chi connectivity index (χ3v) is 2.85. The highest BCUT2D eigenvalue weighted by Crippen LogP contribution is 2.24. The fourth-order valence-corrected chi connectivity index (χ4v) is 2.15. The van der Waals surface area contributed by atoms with Gasteiger partial charge in [0.05, 0.1) is 6.61 Å². The van der Waals surface area contributed by atoms with Crippen molar-refractivity contribution in [3.63, 3.8) is 0 Å². The van der Waals surface area contributed by atoms with E-state index in [4.69, 9.17) is 32.7 Å². The molecule has 0 amide bonds. The fraction of sp³-hybridized carbons (Fsp3) is 0.571. The molecule has 0 bridgehead atoms. The Morgan fingerprint density at radius 1 is 1.11 bits per heavy atom. The number of rotatable bonds is 8. The standard InChI is InChI=1S/C14H21Cl2NO2/c1-10(2)7-17-8-14(9-18-3)19-13-5-11(15)4-12(16)6-13/h4-6,10,14,17H,7-9H2,1-3H3. The van der Waals surface area contributed by atoms with Crippen LogP contribution in [-0.4, -0.2) is 32.9 Å². The van der Waals surface area contributed by atoms with Crippen LogP contribution in [0.4, 0.5) is 0 Å². The lowest BCUT2D eigenvalue weighted by Gasteiger charge is -2.20. The van der Waals surface area contributed by atoms with Gasteiger partial charge in [0.2, 0.25) is 0 Å². The summed E-state index contributed by atoms with van der Waals surface area (Å²) < 4.78 is 11.0. The summed E-state index contributed by atoms with van der Waals surface area (Å²) in [6, 6.07) is 5.18. The van der Waals surface area contributed by atoms with Crippen molar-refractivity contribution in [2.24, 2.45) is 5.92 Å². The Morgan fingerprint density at radius 3 is 2.26 bits per heavy atom. The lowest BCUT2D eigenvalue weighted by atomic mass is 10.2. The molecule has 0 fully saturated rings. The molecule has 3 nitrogen and oxygen atoms in total. The summed E-state index contributed by atoms with van der Waals surface area (Å²) in [6.45, 7) is 6.50. The summed E-state index contributed by atoms with van der Waals surface area (Å²) in [4.78, 5) is 0. The Kier molecular flexibility index (Phi) is 7.54. The van der Waals surface area contributed by atoms with E-state index in [1.165, 1.54) is 0 Å². The molecule has 1 aromatic rings. The van der Waals surface area contributed by atoms with Crippen molar-refractivity contribution in [3.05, 3.63) is 28.2 Å². The van der Waals surface area contributed by atoms with Gasteiger partial charge in [-0.05, 0) is 30.7 Å². The normalized spacial score (nSPS) is 12.7. The summed E-state index contributed by atoms with van der Waals surface area (Å²) in [5.41, 5.74) is 0. The van der Waals surface area contributed by atoms with Crippen LogP contribution >= 0.6 is 23.2 Å². The van der Waals surface area contributed by atoms with Crippen molar-refractivity contribution >= 4 is 23.2 Å². The molecule has 0 radical (unpaired) electrons. The van der Waals surface area contributed by atoms with Crippen molar-refractivity contribution in [1.29, 1.82) is 0 Å². The molecule has 0 heterocycles. The van der Waals surface area contributed by atoms with E-state index < -0.39 is 0 Å². The molecule has 1 atom stereocenters. The van der Waals surface area contributed by atoms with Gasteiger partial charge in [-0.3, -0.25) is 0 Å². The molecule has 0 saturated carbocycles. The maximum atomic E-state index is 5.95. The first-order valence-electron chi connectivity index (χ1n) is 6.33. The molecule has 0 aromatic heterocycles. The minimum absolute atomic E-state index is 0.0710. The zero-order valence-corrected chi connectivity index (χ0v) is 13.1. The Morgan fingerprint density at radius 2 is 1.74 bits per heavy atom. The SMILES string of the molecule is COCC(CNCC(C)C)Oc1cc(Cl)cc(Cl)c1. The quantitative estimate of drug-likeness (QED) is 0.795. The summed E-state index contributed by atoms with van der Waals surface area (Å²) in [6.07, 6.45) is -0.0710. The highest BCUT2D eigenvalue weighted by atomic mass is 35.5. The molecule has 1 N–H and O–H groups in total. The molecule has 1 unspecified atom stereocenters. The number of nitrogens with one attached hydrogen (secondary N) is 1. The van der Waals surface area contributed by atoms with Gasteiger partial charge in [-0.15, -0.1) is 0 Å². The topological polar surface area (TPSA) is 30.5 Å². The molecule has 1 rings (SSSR count). The van der Waals surface area contributed by atoms with Gasteiger partial charge in [-0.25, -0.2) is 0 Å². The van der Waals surface area contributed by atoms with Gasteiger partial charge in [0.1, 0.15) is 11.9 Å². The first-order valence-corrected chi connectivity index (χ1v) is 7.09. The van der Waals surface area contributed by atoms with Crippen molar-refractivity contribution in [2.75, 3.05) is 26.8 Å². The first-order chi connectivity index (χ1) is 9.01. The van der Waals surface area contributed by atoms with Crippen LogP contribution < -0.4 is 10.1 Å². The second-order valence-corrected chi connectivity index (χ2v) is 5.73. The second kappa shape index (κ2) is 8.64. The molecular formula is C14H21Cl2NO2. The van der Waals surface area contributed by atoms with Crippen LogP contribution in [0.15, 0.2) is 18.2 Å². The van der Waals surface area contributed by atoms with Gasteiger partial charge in [0.15, 0.2) is 0 Å². The van der Waals surface area contributed by atoms with E-state index in [9.17, 15) is 0 Å². The summed E-state index contributed by atoms with van der Waals surface area (Å²) >= 11 is 11.9. The Balaban J connectivity index is 2.56. The average molecular weight is 306 g/mol. The zero-order chi connectivity index (χ0) is 14.3. The third kappa shape index (κ3) is 7.02. The van der Waals surface area contributed by atoms with Crippen LogP contribution in [0.5, 0.6) is 5.75 Å². The average Bonchev–Trinajstić information content (AvgIpc) is 2.27. The number of hydrogen-bond acceptors (Lipinski definition) is 3. The van der Waals surface area contributed by atoms with Crippen molar-refractivity contribution in [3.8, 4) is 5.75 Å². The highest BCUT2D eigenvalue weighted by Gasteiger charge is 2.11. The number of methoxy groups -OCH3 is 1. The fourth-order valence-electron chi connectivity index (χ4n) is 1.64. The third-order valence-electron chi connectivity index (χ3n) is 2.42. The molecule has 0 aliphatic rings. The molecule has 0 aliphatic heterocycles. The van der Waals surface area contributed by atoms with Gasteiger partial charge < -0.3 is 14.8 Å². The Bertz CT molecular complexity index is 365. The van der Waals surface area contributed by atoms with Crippen LogP contribution in [0.1, 0.15) is 13.8 Å². The van der Waals surface area contributed by atoms with Gasteiger partial charge in [0, 0.05) is 23.7 Å². The first kappa shape index (κ1) is 16.6. The molecule has 5 heteroatoms. The lowest BCUT2D eigenvalue weighted by molar-refractivity contribution is 0.0802. The number of benzene rings is 1. The number of halogens is 2. The number of ether oxygens (including phenoxy) is 2. The maximum absolute atomic E-state index is 5.95. The second-order valence-electron chi connectivity index (χ2n) is 4.85. The van der Waals surface area contributed by atoms with Gasteiger partial charge in [-0.1, -0.05) is 37.0 Å². The van der Waals surface area contributed by atoms with Crippen molar-refractivity contribution < 1.29 is 9.47 Å². The van der Waals surface area contributed by atoms with Gasteiger partial charge in [-0.2, -0.15) is 0 Å². The lowest BCUT2D eigenvalue weighted by Crippen LogP contribution is -2.36. The largest absolute Gasteiger partial charge is 0.487 e. The van der Waals surface area contributed by atoms with Crippen LogP contribution in [-0.2, 0) is 4.74 Å². The van der Waals surface area contributed by atoms with Crippen molar-refractivity contribution in [1.82, 2.24) is 5.32 Å². The molecule has 0 saturated heterocycles. The van der Waals surface area contributed by atoms with E-state index in [1.807, 2.05) is 0 Å². The zero-order valence-electron chi connectivity index (χ0n) is 11.6. The van der Waals surface area contributed by atoms with Gasteiger partial charge >= 0.3 is 0 Å². The molecule has 0 aliphatic carbocycles. The van der Waals surface area contributed by atoms with E-state index in [0.717, 1.165) is 13.1 Å². The Labute approximate surface area is 125 Å². The molecule has 1 aromatic carbocycles. The summed E-state index contributed by atoms with van der Waals surface area (Å²) in [7, 11) is 1.66. The Hall–Kier alpha value is -0.480. The minimum atomic E-state index is -0.0710. The number of hydrogen-bond donors (Lipinski definition) is 1. The summed E-state index contributed by atoms with van der Waals surface area (Å²) in [5.74, 6) is 1.26. The molecule has 0 spiro atoms. The maximum Gasteiger partial charge on any atom is 0.134 e. The molecule has 108 valence electrons. The minimum Gasteiger partial charge on any atom is -0.487 e. The summed E-state index contributed by atoms with van der Waals surface area (Å²) in [5, 5.41) is 4.48.